The van der Waals surface area contributed by atoms with E-state index in [0.717, 1.165) is 67.7 Å². The second-order valence-electron chi connectivity index (χ2n) is 10.3. The fourth-order valence-electron chi connectivity index (χ4n) is 5.60. The average Bonchev–Trinajstić information content (AvgIpc) is 3.51. The third kappa shape index (κ3) is 5.30. The minimum absolute atomic E-state index is 0.0342. The van der Waals surface area contributed by atoms with Gasteiger partial charge in [0, 0.05) is 58.8 Å². The maximum absolute atomic E-state index is 12.0. The standard InChI is InChI=1S/C33H31N5O2S/c1-2-29(40)38-13-10-26(11-14-38)35-20-25(18-34)32-30(21-6-4-3-5-7-21)33-27(12-15-41-33)31(37-32)23-9-8-22-17-28(39)36-19-24(22)16-23/h2-9,12,15-16,18,20,26H,1,10-11,13-14,17,19,34H2,(H,36,39). The van der Waals surface area contributed by atoms with E-state index in [4.69, 9.17) is 15.7 Å². The van der Waals surface area contributed by atoms with Crippen LogP contribution in [0.25, 0.3) is 38.0 Å². The minimum Gasteiger partial charge on any atom is -0.404 e. The number of nitrogens with one attached hydrogen (secondary N) is 1. The van der Waals surface area contributed by atoms with Crippen molar-refractivity contribution in [2.24, 2.45) is 10.7 Å². The Morgan fingerprint density at radius 1 is 1.10 bits per heavy atom. The number of carbonyl (C=O) groups excluding carboxylic acids is 2. The molecule has 1 fully saturated rings. The summed E-state index contributed by atoms with van der Waals surface area (Å²) in [5.74, 6) is 0.0149. The molecule has 0 spiro atoms. The number of rotatable bonds is 6. The lowest BCUT2D eigenvalue weighted by Crippen LogP contribution is -2.38. The molecule has 2 aliphatic rings. The second kappa shape index (κ2) is 11.5. The van der Waals surface area contributed by atoms with E-state index >= 15 is 0 Å². The Morgan fingerprint density at radius 2 is 1.90 bits per heavy atom. The summed E-state index contributed by atoms with van der Waals surface area (Å²) in [6.45, 7) is 5.43. The first-order chi connectivity index (χ1) is 20.1. The smallest absolute Gasteiger partial charge is 0.245 e. The normalized spacial score (nSPS) is 16.1. The van der Waals surface area contributed by atoms with Gasteiger partial charge in [-0.2, -0.15) is 0 Å². The number of likely N-dealkylation sites (tertiary alicyclic amines) is 1. The average molecular weight is 562 g/mol. The summed E-state index contributed by atoms with van der Waals surface area (Å²) in [6.07, 6.45) is 6.76. The molecule has 41 heavy (non-hydrogen) atoms. The van der Waals surface area contributed by atoms with Crippen molar-refractivity contribution in [2.75, 3.05) is 13.1 Å². The Morgan fingerprint density at radius 3 is 2.66 bits per heavy atom. The molecule has 4 aromatic rings. The largest absolute Gasteiger partial charge is 0.404 e. The molecule has 0 saturated carbocycles. The number of aliphatic imine (C=N–C) groups is 1. The van der Waals surface area contributed by atoms with Crippen LogP contribution >= 0.6 is 11.3 Å². The van der Waals surface area contributed by atoms with Crippen molar-refractivity contribution in [1.82, 2.24) is 15.2 Å². The van der Waals surface area contributed by atoms with Crippen LogP contribution in [0.2, 0.25) is 0 Å². The number of fused-ring (bicyclic) bond motifs is 2. The van der Waals surface area contributed by atoms with E-state index in [0.29, 0.717) is 26.1 Å². The van der Waals surface area contributed by atoms with Gasteiger partial charge in [-0.15, -0.1) is 11.3 Å². The molecule has 2 aromatic carbocycles. The maximum Gasteiger partial charge on any atom is 0.245 e. The number of amides is 2. The summed E-state index contributed by atoms with van der Waals surface area (Å²) in [7, 11) is 0. The van der Waals surface area contributed by atoms with Crippen LogP contribution in [0.1, 0.15) is 29.7 Å². The van der Waals surface area contributed by atoms with Crippen molar-refractivity contribution in [3.63, 3.8) is 0 Å². The Bertz CT molecular complexity index is 1700. The van der Waals surface area contributed by atoms with Crippen LogP contribution in [0.15, 0.2) is 83.8 Å². The number of piperidine rings is 1. The van der Waals surface area contributed by atoms with Gasteiger partial charge in [-0.1, -0.05) is 49.0 Å². The van der Waals surface area contributed by atoms with Gasteiger partial charge in [-0.05, 0) is 53.1 Å². The molecular formula is C33H31N5O2S. The number of allylic oxidation sites excluding steroid dienone is 1. The van der Waals surface area contributed by atoms with Crippen LogP contribution in [0.3, 0.4) is 0 Å². The molecule has 7 nitrogen and oxygen atoms in total. The van der Waals surface area contributed by atoms with Crippen LogP contribution in [0, 0.1) is 0 Å². The number of benzene rings is 2. The highest BCUT2D eigenvalue weighted by molar-refractivity contribution is 7.17. The summed E-state index contributed by atoms with van der Waals surface area (Å²) < 4.78 is 1.13. The zero-order valence-electron chi connectivity index (χ0n) is 22.7. The van der Waals surface area contributed by atoms with Gasteiger partial charge in [-0.25, -0.2) is 4.98 Å². The van der Waals surface area contributed by atoms with E-state index in [1.54, 1.807) is 17.5 Å². The molecular weight excluding hydrogens is 530 g/mol. The fourth-order valence-corrected chi connectivity index (χ4v) is 6.56. The van der Waals surface area contributed by atoms with Crippen molar-refractivity contribution in [3.8, 4) is 22.4 Å². The van der Waals surface area contributed by atoms with E-state index in [9.17, 15) is 9.59 Å². The Hall–Kier alpha value is -4.56. The lowest BCUT2D eigenvalue weighted by Gasteiger charge is -2.29. The van der Waals surface area contributed by atoms with Crippen LogP contribution < -0.4 is 11.1 Å². The van der Waals surface area contributed by atoms with E-state index < -0.39 is 0 Å². The highest BCUT2D eigenvalue weighted by Crippen LogP contribution is 2.41. The lowest BCUT2D eigenvalue weighted by atomic mass is 9.93. The third-order valence-electron chi connectivity index (χ3n) is 7.81. The first-order valence-electron chi connectivity index (χ1n) is 13.8. The van der Waals surface area contributed by atoms with Crippen LogP contribution in [-0.4, -0.2) is 47.0 Å². The van der Waals surface area contributed by atoms with Crippen molar-refractivity contribution in [1.29, 1.82) is 0 Å². The summed E-state index contributed by atoms with van der Waals surface area (Å²) in [4.78, 5) is 35.9. The number of hydrogen-bond acceptors (Lipinski definition) is 6. The first kappa shape index (κ1) is 26.7. The number of pyridine rings is 1. The molecule has 0 unspecified atom stereocenters. The molecule has 0 aliphatic carbocycles. The van der Waals surface area contributed by atoms with E-state index in [1.807, 2.05) is 35.4 Å². The number of carbonyl (C=O) groups is 2. The lowest BCUT2D eigenvalue weighted by molar-refractivity contribution is -0.127. The molecule has 1 saturated heterocycles. The summed E-state index contributed by atoms with van der Waals surface area (Å²) in [5.41, 5.74) is 13.9. The monoisotopic (exact) mass is 561 g/mol. The van der Waals surface area contributed by atoms with Gasteiger partial charge in [-0.3, -0.25) is 14.6 Å². The Kier molecular flexibility index (Phi) is 7.48. The number of nitrogens with zero attached hydrogens (tertiary/aromatic N) is 3. The van der Waals surface area contributed by atoms with Gasteiger partial charge in [0.1, 0.15) is 0 Å². The van der Waals surface area contributed by atoms with Crippen LogP contribution in [0.5, 0.6) is 0 Å². The van der Waals surface area contributed by atoms with Crippen LogP contribution in [-0.2, 0) is 22.6 Å². The molecule has 0 bridgehead atoms. The van der Waals surface area contributed by atoms with E-state index in [-0.39, 0.29) is 17.9 Å². The molecule has 206 valence electrons. The van der Waals surface area contributed by atoms with Gasteiger partial charge in [0.2, 0.25) is 11.8 Å². The van der Waals surface area contributed by atoms with Gasteiger partial charge in [0.25, 0.3) is 0 Å². The Labute approximate surface area is 243 Å². The highest BCUT2D eigenvalue weighted by Gasteiger charge is 2.23. The van der Waals surface area contributed by atoms with Gasteiger partial charge in [0.15, 0.2) is 0 Å². The first-order valence-corrected chi connectivity index (χ1v) is 14.7. The predicted molar refractivity (Wildman–Crippen MR) is 166 cm³/mol. The SMILES string of the molecule is C=CC(=O)N1CCC(N=CC(=CN)c2nc(-c3ccc4c(c3)CNC(=O)C4)c3ccsc3c2-c2ccccc2)CC1. The molecule has 3 N–H and O–H groups in total. The number of hydrogen-bond donors (Lipinski definition) is 2. The quantitative estimate of drug-likeness (QED) is 0.245. The third-order valence-corrected chi connectivity index (χ3v) is 8.74. The zero-order chi connectivity index (χ0) is 28.3. The second-order valence-corrected chi connectivity index (χ2v) is 11.2. The van der Waals surface area contributed by atoms with Crippen molar-refractivity contribution in [2.45, 2.75) is 31.8 Å². The molecule has 4 heterocycles. The number of aromatic nitrogens is 1. The van der Waals surface area contributed by atoms with E-state index in [1.165, 1.54) is 6.08 Å². The molecule has 0 atom stereocenters. The Balaban J connectivity index is 1.43. The van der Waals surface area contributed by atoms with Crippen molar-refractivity contribution in [3.05, 3.63) is 95.7 Å². The van der Waals surface area contributed by atoms with Gasteiger partial charge >= 0.3 is 0 Å². The van der Waals surface area contributed by atoms with Gasteiger partial charge < -0.3 is 16.0 Å². The maximum atomic E-state index is 12.0. The zero-order valence-corrected chi connectivity index (χ0v) is 23.5. The highest BCUT2D eigenvalue weighted by atomic mass is 32.1. The minimum atomic E-state index is -0.0342. The topological polar surface area (TPSA) is 101 Å². The molecule has 2 aliphatic heterocycles. The van der Waals surface area contributed by atoms with Crippen molar-refractivity contribution < 1.29 is 9.59 Å². The molecule has 6 rings (SSSR count). The molecule has 2 amide bonds. The summed E-state index contributed by atoms with van der Waals surface area (Å²) in [5, 5.41) is 6.13. The van der Waals surface area contributed by atoms with Gasteiger partial charge in [0.05, 0.1) is 23.9 Å². The molecule has 8 heteroatoms. The number of thiophene rings is 1. The van der Waals surface area contributed by atoms with E-state index in [2.05, 4.69) is 47.6 Å². The number of nitrogens with two attached hydrogens (primary N) is 1. The summed E-state index contributed by atoms with van der Waals surface area (Å²) in [6, 6.07) is 18.7. The van der Waals surface area contributed by atoms with Crippen molar-refractivity contribution >= 4 is 45.0 Å². The molecule has 2 aromatic heterocycles. The predicted octanol–water partition coefficient (Wildman–Crippen LogP) is 5.35. The van der Waals surface area contributed by atoms with Crippen LogP contribution in [0.4, 0.5) is 0 Å². The fraction of sp³-hybridized carbons (Fsp3) is 0.212. The summed E-state index contributed by atoms with van der Waals surface area (Å²) >= 11 is 1.68. The molecule has 0 radical (unpaired) electrons.